The van der Waals surface area contributed by atoms with Gasteiger partial charge in [0.1, 0.15) is 5.78 Å². The van der Waals surface area contributed by atoms with Gasteiger partial charge in [0.15, 0.2) is 0 Å². The zero-order chi connectivity index (χ0) is 23.5. The Kier molecular flexibility index (Phi) is 25.7. The second-order valence-corrected chi connectivity index (χ2v) is 9.73. The summed E-state index contributed by atoms with van der Waals surface area (Å²) in [5.74, 6) is 0.276. The van der Waals surface area contributed by atoms with Crippen LogP contribution in [0, 0.1) is 0 Å². The van der Waals surface area contributed by atoms with Gasteiger partial charge in [-0.05, 0) is 25.7 Å². The largest absolute Gasteiger partial charge is 0.466 e. The predicted molar refractivity (Wildman–Crippen MR) is 138 cm³/mol. The molecule has 0 aliphatic carbocycles. The van der Waals surface area contributed by atoms with Crippen molar-refractivity contribution >= 4 is 11.8 Å². The quantitative estimate of drug-likeness (QED) is 0.0969. The molecule has 0 unspecified atom stereocenters. The third-order valence-electron chi connectivity index (χ3n) is 6.41. The van der Waals surface area contributed by atoms with Gasteiger partial charge in [-0.1, -0.05) is 123 Å². The van der Waals surface area contributed by atoms with E-state index in [2.05, 4.69) is 13.8 Å². The van der Waals surface area contributed by atoms with Crippen LogP contribution in [-0.2, 0) is 14.3 Å². The first-order valence-corrected chi connectivity index (χ1v) is 14.4. The van der Waals surface area contributed by atoms with E-state index in [0.717, 1.165) is 38.5 Å². The molecular formula is C29H56O3. The standard InChI is InChI=1S/C29H56O3/c1-3-5-7-9-11-13-14-15-17-19-23-27-32-29(31)26-22-21-25-28(30)24-20-18-16-12-10-8-6-4-2/h3-27H2,1-2H3. The highest BCUT2D eigenvalue weighted by molar-refractivity contribution is 5.78. The molecule has 32 heavy (non-hydrogen) atoms. The van der Waals surface area contributed by atoms with E-state index >= 15 is 0 Å². The summed E-state index contributed by atoms with van der Waals surface area (Å²) in [6.45, 7) is 5.07. The van der Waals surface area contributed by atoms with E-state index < -0.39 is 0 Å². The van der Waals surface area contributed by atoms with Gasteiger partial charge in [-0.25, -0.2) is 0 Å². The molecular weight excluding hydrogens is 396 g/mol. The molecule has 0 saturated carbocycles. The third-order valence-corrected chi connectivity index (χ3v) is 6.41. The Morgan fingerprint density at radius 2 is 0.781 bits per heavy atom. The van der Waals surface area contributed by atoms with E-state index in [0.29, 0.717) is 25.2 Å². The zero-order valence-electron chi connectivity index (χ0n) is 21.9. The van der Waals surface area contributed by atoms with Crippen molar-refractivity contribution in [3.8, 4) is 0 Å². The van der Waals surface area contributed by atoms with Gasteiger partial charge in [-0.2, -0.15) is 0 Å². The van der Waals surface area contributed by atoms with Crippen LogP contribution in [0.4, 0.5) is 0 Å². The number of esters is 1. The van der Waals surface area contributed by atoms with Crippen molar-refractivity contribution < 1.29 is 14.3 Å². The minimum Gasteiger partial charge on any atom is -0.466 e. The van der Waals surface area contributed by atoms with Gasteiger partial charge in [0.05, 0.1) is 6.61 Å². The molecule has 0 aliphatic heterocycles. The molecule has 0 atom stereocenters. The van der Waals surface area contributed by atoms with Crippen LogP contribution in [0.3, 0.4) is 0 Å². The van der Waals surface area contributed by atoms with Gasteiger partial charge >= 0.3 is 5.97 Å². The summed E-state index contributed by atoms with van der Waals surface area (Å²) >= 11 is 0. The SMILES string of the molecule is CCCCCCCCCCCCCOC(=O)CCCCC(=O)CCCCCCCCCC. The number of carbonyl (C=O) groups excluding carboxylic acids is 2. The van der Waals surface area contributed by atoms with E-state index in [9.17, 15) is 9.59 Å². The van der Waals surface area contributed by atoms with E-state index in [1.54, 1.807) is 0 Å². The lowest BCUT2D eigenvalue weighted by atomic mass is 10.0. The van der Waals surface area contributed by atoms with E-state index in [1.165, 1.54) is 103 Å². The van der Waals surface area contributed by atoms with Crippen molar-refractivity contribution in [2.75, 3.05) is 6.61 Å². The maximum atomic E-state index is 11.9. The molecule has 0 aromatic heterocycles. The Morgan fingerprint density at radius 1 is 0.438 bits per heavy atom. The number of unbranched alkanes of at least 4 members (excludes halogenated alkanes) is 18. The number of ether oxygens (including phenoxy) is 1. The van der Waals surface area contributed by atoms with Gasteiger partial charge in [0.2, 0.25) is 0 Å². The van der Waals surface area contributed by atoms with Crippen molar-refractivity contribution in [1.82, 2.24) is 0 Å². The Labute approximate surface area is 200 Å². The van der Waals surface area contributed by atoms with Crippen LogP contribution >= 0.6 is 0 Å². The highest BCUT2D eigenvalue weighted by Crippen LogP contribution is 2.13. The Hall–Kier alpha value is -0.860. The highest BCUT2D eigenvalue weighted by Gasteiger charge is 2.05. The van der Waals surface area contributed by atoms with Crippen LogP contribution in [0.25, 0.3) is 0 Å². The number of carbonyl (C=O) groups is 2. The molecule has 190 valence electrons. The average Bonchev–Trinajstić information content (AvgIpc) is 2.79. The normalized spacial score (nSPS) is 11.1. The zero-order valence-corrected chi connectivity index (χ0v) is 21.9. The fraction of sp³-hybridized carbons (Fsp3) is 0.931. The van der Waals surface area contributed by atoms with Crippen molar-refractivity contribution in [1.29, 1.82) is 0 Å². The number of rotatable bonds is 26. The van der Waals surface area contributed by atoms with E-state index in [-0.39, 0.29) is 5.97 Å². The van der Waals surface area contributed by atoms with E-state index in [1.807, 2.05) is 0 Å². The van der Waals surface area contributed by atoms with Crippen LogP contribution < -0.4 is 0 Å². The fourth-order valence-corrected chi connectivity index (χ4v) is 4.20. The molecule has 3 heteroatoms. The molecule has 0 saturated heterocycles. The second kappa shape index (κ2) is 26.4. The molecule has 0 aliphatic rings. The first-order chi connectivity index (χ1) is 15.7. The van der Waals surface area contributed by atoms with Crippen LogP contribution in [0.1, 0.15) is 168 Å². The molecule has 3 nitrogen and oxygen atoms in total. The Bertz CT molecular complexity index is 405. The minimum absolute atomic E-state index is 0.0902. The van der Waals surface area contributed by atoms with Crippen LogP contribution in [0.2, 0.25) is 0 Å². The third kappa shape index (κ3) is 25.4. The molecule has 0 N–H and O–H groups in total. The first kappa shape index (κ1) is 31.1. The van der Waals surface area contributed by atoms with Gasteiger partial charge < -0.3 is 4.74 Å². The van der Waals surface area contributed by atoms with Gasteiger partial charge in [-0.15, -0.1) is 0 Å². The minimum atomic E-state index is -0.0902. The lowest BCUT2D eigenvalue weighted by Crippen LogP contribution is -2.06. The Balaban J connectivity index is 3.28. The summed E-state index contributed by atoms with van der Waals surface area (Å²) in [5.41, 5.74) is 0. The number of hydrogen-bond donors (Lipinski definition) is 0. The lowest BCUT2D eigenvalue weighted by molar-refractivity contribution is -0.144. The average molecular weight is 453 g/mol. The molecule has 0 aromatic carbocycles. The maximum absolute atomic E-state index is 11.9. The number of hydrogen-bond acceptors (Lipinski definition) is 3. The summed E-state index contributed by atoms with van der Waals surface area (Å²) in [6, 6.07) is 0. The van der Waals surface area contributed by atoms with Gasteiger partial charge in [0.25, 0.3) is 0 Å². The number of Topliss-reactive ketones (excluding diaryl/α,β-unsaturated/α-hetero) is 1. The summed E-state index contributed by atoms with van der Waals surface area (Å²) < 4.78 is 5.33. The molecule has 0 heterocycles. The molecule has 0 amide bonds. The predicted octanol–water partition coefficient (Wildman–Crippen LogP) is 9.50. The van der Waals surface area contributed by atoms with Crippen LogP contribution in [0.15, 0.2) is 0 Å². The molecule has 0 aromatic rings. The summed E-state index contributed by atoms with van der Waals surface area (Å²) in [7, 11) is 0. The van der Waals surface area contributed by atoms with Gasteiger partial charge in [-0.3, -0.25) is 9.59 Å². The fourth-order valence-electron chi connectivity index (χ4n) is 4.20. The summed E-state index contributed by atoms with van der Waals surface area (Å²) in [5, 5.41) is 0. The number of ketones is 1. The van der Waals surface area contributed by atoms with Crippen molar-refractivity contribution in [3.63, 3.8) is 0 Å². The highest BCUT2D eigenvalue weighted by atomic mass is 16.5. The smallest absolute Gasteiger partial charge is 0.305 e. The summed E-state index contributed by atoms with van der Waals surface area (Å²) in [6.07, 6.45) is 27.9. The van der Waals surface area contributed by atoms with Crippen molar-refractivity contribution in [2.24, 2.45) is 0 Å². The molecule has 0 spiro atoms. The second-order valence-electron chi connectivity index (χ2n) is 9.73. The molecule has 0 bridgehead atoms. The van der Waals surface area contributed by atoms with Crippen molar-refractivity contribution in [3.05, 3.63) is 0 Å². The topological polar surface area (TPSA) is 43.4 Å². The van der Waals surface area contributed by atoms with Crippen LogP contribution in [0.5, 0.6) is 0 Å². The molecule has 0 radical (unpaired) electrons. The van der Waals surface area contributed by atoms with Crippen molar-refractivity contribution in [2.45, 2.75) is 168 Å². The Morgan fingerprint density at radius 3 is 1.25 bits per heavy atom. The molecule has 0 rings (SSSR count). The summed E-state index contributed by atoms with van der Waals surface area (Å²) in [4.78, 5) is 23.7. The molecule has 0 fully saturated rings. The lowest BCUT2D eigenvalue weighted by Gasteiger charge is -2.05. The van der Waals surface area contributed by atoms with E-state index in [4.69, 9.17) is 4.74 Å². The monoisotopic (exact) mass is 452 g/mol. The maximum Gasteiger partial charge on any atom is 0.305 e. The first-order valence-electron chi connectivity index (χ1n) is 14.4. The van der Waals surface area contributed by atoms with Crippen LogP contribution in [-0.4, -0.2) is 18.4 Å². The van der Waals surface area contributed by atoms with Gasteiger partial charge in [0, 0.05) is 19.3 Å².